The van der Waals surface area contributed by atoms with Crippen LogP contribution < -0.4 is 5.32 Å². The molecule has 1 aliphatic rings. The number of benzene rings is 1. The Kier molecular flexibility index (Phi) is 5.95. The van der Waals surface area contributed by atoms with E-state index in [0.29, 0.717) is 39.3 Å². The quantitative estimate of drug-likeness (QED) is 0.885. The fraction of sp³-hybridized carbons (Fsp3) is 0.421. The van der Waals surface area contributed by atoms with Crippen LogP contribution in [0.25, 0.3) is 0 Å². The van der Waals surface area contributed by atoms with Crippen LogP contribution in [0.5, 0.6) is 0 Å². The van der Waals surface area contributed by atoms with Crippen molar-refractivity contribution in [1.82, 2.24) is 29.8 Å². The summed E-state index contributed by atoms with van der Waals surface area (Å²) >= 11 is 0. The maximum Gasteiger partial charge on any atom is 0.319 e. The van der Waals surface area contributed by atoms with Gasteiger partial charge in [0.2, 0.25) is 0 Å². The van der Waals surface area contributed by atoms with Crippen molar-refractivity contribution in [3.8, 4) is 0 Å². The molecule has 1 aromatic carbocycles. The molecule has 8 nitrogen and oxygen atoms in total. The van der Waals surface area contributed by atoms with Gasteiger partial charge < -0.3 is 20.0 Å². The zero-order valence-electron chi connectivity index (χ0n) is 15.8. The largest absolute Gasteiger partial charge is 0.334 e. The lowest BCUT2D eigenvalue weighted by molar-refractivity contribution is 0.128. The van der Waals surface area contributed by atoms with Gasteiger partial charge in [0.05, 0.1) is 6.54 Å². The Morgan fingerprint density at radius 3 is 2.44 bits per heavy atom. The molecule has 2 heterocycles. The van der Waals surface area contributed by atoms with Crippen molar-refractivity contribution in [3.63, 3.8) is 0 Å². The summed E-state index contributed by atoms with van der Waals surface area (Å²) in [5.41, 5.74) is 2.19. The highest BCUT2D eigenvalue weighted by Gasteiger charge is 2.24. The summed E-state index contributed by atoms with van der Waals surface area (Å²) in [5.74, 6) is 0. The van der Waals surface area contributed by atoms with Crippen LogP contribution in [0.15, 0.2) is 42.7 Å². The van der Waals surface area contributed by atoms with E-state index in [2.05, 4.69) is 16.5 Å². The van der Waals surface area contributed by atoms with E-state index in [1.165, 1.54) is 0 Å². The second-order valence-corrected chi connectivity index (χ2v) is 6.83. The van der Waals surface area contributed by atoms with Gasteiger partial charge in [-0.3, -0.25) is 4.68 Å². The van der Waals surface area contributed by atoms with Crippen LogP contribution in [0, 0.1) is 0 Å². The third kappa shape index (κ3) is 4.99. The Labute approximate surface area is 159 Å². The number of hydrogen-bond acceptors (Lipinski definition) is 3. The lowest BCUT2D eigenvalue weighted by atomic mass is 10.1. The highest BCUT2D eigenvalue weighted by Crippen LogP contribution is 2.08. The smallest absolute Gasteiger partial charge is 0.319 e. The molecule has 1 saturated heterocycles. The molecule has 0 unspecified atom stereocenters. The topological polar surface area (TPSA) is 73.7 Å². The summed E-state index contributed by atoms with van der Waals surface area (Å²) in [7, 11) is 3.48. The number of carbonyl (C=O) groups is 2. The molecule has 1 aromatic heterocycles. The predicted octanol–water partition coefficient (Wildman–Crippen LogP) is 1.44. The monoisotopic (exact) mass is 370 g/mol. The molecule has 1 N–H and O–H groups in total. The number of aromatic nitrogens is 2. The van der Waals surface area contributed by atoms with Gasteiger partial charge >= 0.3 is 12.1 Å². The number of hydrogen-bond donors (Lipinski definition) is 1. The Balaban J connectivity index is 1.47. The van der Waals surface area contributed by atoms with Crippen molar-refractivity contribution in [2.45, 2.75) is 13.1 Å². The Bertz CT molecular complexity index is 766. The van der Waals surface area contributed by atoms with E-state index in [4.69, 9.17) is 0 Å². The molecule has 0 saturated carbocycles. The van der Waals surface area contributed by atoms with E-state index in [0.717, 1.165) is 11.1 Å². The molecule has 27 heavy (non-hydrogen) atoms. The van der Waals surface area contributed by atoms with Gasteiger partial charge in [0.1, 0.15) is 0 Å². The fourth-order valence-electron chi connectivity index (χ4n) is 3.09. The SMILES string of the molecule is CN(C)C(=O)N1CCN(C(=O)NCc2cccc(Cn3cccn3)c2)CC1. The highest BCUT2D eigenvalue weighted by molar-refractivity contribution is 5.76. The molecule has 0 aliphatic carbocycles. The first-order valence-electron chi connectivity index (χ1n) is 9.07. The van der Waals surface area contributed by atoms with Gasteiger partial charge in [0, 0.05) is 59.2 Å². The van der Waals surface area contributed by atoms with Gasteiger partial charge in [-0.15, -0.1) is 0 Å². The lowest BCUT2D eigenvalue weighted by Crippen LogP contribution is -2.54. The number of urea groups is 2. The number of amides is 4. The van der Waals surface area contributed by atoms with Crippen LogP contribution >= 0.6 is 0 Å². The van der Waals surface area contributed by atoms with E-state index in [1.54, 1.807) is 35.0 Å². The molecule has 3 rings (SSSR count). The average Bonchev–Trinajstić information content (AvgIpc) is 3.19. The van der Waals surface area contributed by atoms with Crippen LogP contribution in [-0.4, -0.2) is 76.8 Å². The molecule has 4 amide bonds. The maximum absolute atomic E-state index is 12.4. The first-order chi connectivity index (χ1) is 13.0. The maximum atomic E-state index is 12.4. The average molecular weight is 370 g/mol. The van der Waals surface area contributed by atoms with Gasteiger partial charge in [-0.05, 0) is 17.2 Å². The van der Waals surface area contributed by atoms with Crippen molar-refractivity contribution in [2.75, 3.05) is 40.3 Å². The second-order valence-electron chi connectivity index (χ2n) is 6.83. The second kappa shape index (κ2) is 8.57. The number of nitrogens with zero attached hydrogens (tertiary/aromatic N) is 5. The molecule has 144 valence electrons. The van der Waals surface area contributed by atoms with Crippen LogP contribution in [0.4, 0.5) is 9.59 Å². The van der Waals surface area contributed by atoms with Gasteiger partial charge in [0.15, 0.2) is 0 Å². The summed E-state index contributed by atoms with van der Waals surface area (Å²) < 4.78 is 1.87. The summed E-state index contributed by atoms with van der Waals surface area (Å²) in [6.45, 7) is 3.39. The summed E-state index contributed by atoms with van der Waals surface area (Å²) in [5, 5.41) is 7.19. The third-order valence-electron chi connectivity index (χ3n) is 4.56. The van der Waals surface area contributed by atoms with E-state index in [1.807, 2.05) is 35.1 Å². The normalized spacial score (nSPS) is 14.1. The van der Waals surface area contributed by atoms with Crippen LogP contribution in [-0.2, 0) is 13.1 Å². The number of piperazine rings is 1. The van der Waals surface area contributed by atoms with Crippen molar-refractivity contribution in [2.24, 2.45) is 0 Å². The van der Waals surface area contributed by atoms with Crippen molar-refractivity contribution in [3.05, 3.63) is 53.9 Å². The molecule has 8 heteroatoms. The Morgan fingerprint density at radius 1 is 1.07 bits per heavy atom. The minimum Gasteiger partial charge on any atom is -0.334 e. The third-order valence-corrected chi connectivity index (χ3v) is 4.56. The van der Waals surface area contributed by atoms with Gasteiger partial charge in [-0.2, -0.15) is 5.10 Å². The van der Waals surface area contributed by atoms with Crippen molar-refractivity contribution >= 4 is 12.1 Å². The zero-order chi connectivity index (χ0) is 19.2. The van der Waals surface area contributed by atoms with Gasteiger partial charge in [-0.25, -0.2) is 9.59 Å². The van der Waals surface area contributed by atoms with Crippen LogP contribution in [0.1, 0.15) is 11.1 Å². The number of carbonyl (C=O) groups excluding carboxylic acids is 2. The van der Waals surface area contributed by atoms with E-state index in [9.17, 15) is 9.59 Å². The van der Waals surface area contributed by atoms with Crippen molar-refractivity contribution in [1.29, 1.82) is 0 Å². The van der Waals surface area contributed by atoms with Crippen molar-refractivity contribution < 1.29 is 9.59 Å². The molecular weight excluding hydrogens is 344 g/mol. The standard InChI is InChI=1S/C19H26N6O2/c1-22(2)19(27)24-11-9-23(10-12-24)18(26)20-14-16-5-3-6-17(13-16)15-25-8-4-7-21-25/h3-8,13H,9-12,14-15H2,1-2H3,(H,20,26). The molecule has 0 spiro atoms. The first kappa shape index (κ1) is 18.8. The summed E-state index contributed by atoms with van der Waals surface area (Å²) in [6.07, 6.45) is 3.69. The molecule has 0 bridgehead atoms. The van der Waals surface area contributed by atoms with E-state index < -0.39 is 0 Å². The minimum atomic E-state index is -0.0931. The number of nitrogens with one attached hydrogen (secondary N) is 1. The molecule has 1 fully saturated rings. The Morgan fingerprint density at radius 2 is 1.78 bits per heavy atom. The van der Waals surface area contributed by atoms with E-state index >= 15 is 0 Å². The predicted molar refractivity (Wildman–Crippen MR) is 102 cm³/mol. The molecule has 1 aliphatic heterocycles. The molecular formula is C19H26N6O2. The molecule has 0 radical (unpaired) electrons. The van der Waals surface area contributed by atoms with Crippen LogP contribution in [0.2, 0.25) is 0 Å². The summed E-state index contributed by atoms with van der Waals surface area (Å²) in [4.78, 5) is 29.5. The zero-order valence-corrected chi connectivity index (χ0v) is 15.8. The fourth-order valence-corrected chi connectivity index (χ4v) is 3.09. The first-order valence-corrected chi connectivity index (χ1v) is 9.07. The number of rotatable bonds is 4. The molecule has 2 aromatic rings. The van der Waals surface area contributed by atoms with Gasteiger partial charge in [0.25, 0.3) is 0 Å². The minimum absolute atomic E-state index is 0.0101. The molecule has 0 atom stereocenters. The van der Waals surface area contributed by atoms with Crippen LogP contribution in [0.3, 0.4) is 0 Å². The Hall–Kier alpha value is -3.03. The van der Waals surface area contributed by atoms with Gasteiger partial charge in [-0.1, -0.05) is 24.3 Å². The van der Waals surface area contributed by atoms with E-state index in [-0.39, 0.29) is 12.1 Å². The summed E-state index contributed by atoms with van der Waals surface area (Å²) in [6, 6.07) is 9.92. The highest BCUT2D eigenvalue weighted by atomic mass is 16.2. The lowest BCUT2D eigenvalue weighted by Gasteiger charge is -2.35.